The van der Waals surface area contributed by atoms with Crippen LogP contribution in [-0.2, 0) is 0 Å². The molecule has 0 aliphatic rings. The summed E-state index contributed by atoms with van der Waals surface area (Å²) in [5, 5.41) is 5.48. The van der Waals surface area contributed by atoms with Gasteiger partial charge in [0, 0.05) is 11.1 Å². The highest BCUT2D eigenvalue weighted by Crippen LogP contribution is 2.28. The van der Waals surface area contributed by atoms with Gasteiger partial charge in [0.25, 0.3) is 0 Å². The Labute approximate surface area is 72.1 Å². The van der Waals surface area contributed by atoms with Crippen molar-refractivity contribution in [3.05, 3.63) is 34.2 Å². The Balaban J connectivity index is 2.81. The van der Waals surface area contributed by atoms with Gasteiger partial charge in [-0.1, -0.05) is 5.11 Å². The maximum Gasteiger partial charge on any atom is 0.0814 e. The Morgan fingerprint density at radius 1 is 1.50 bits per heavy atom. The van der Waals surface area contributed by atoms with Crippen LogP contribution in [0.15, 0.2) is 28.8 Å². The molecule has 0 aliphatic carbocycles. The van der Waals surface area contributed by atoms with Crippen LogP contribution in [0.1, 0.15) is 0 Å². The Morgan fingerprint density at radius 2 is 2.42 bits per heavy atom. The number of nitrogens with zero attached hydrogens (tertiary/aromatic N) is 4. The van der Waals surface area contributed by atoms with Crippen LogP contribution in [0.4, 0.5) is 5.69 Å². The molecule has 2 aromatic rings. The van der Waals surface area contributed by atoms with Crippen LogP contribution in [0.3, 0.4) is 0 Å². The van der Waals surface area contributed by atoms with Crippen molar-refractivity contribution in [2.45, 2.75) is 0 Å². The van der Waals surface area contributed by atoms with E-state index in [4.69, 9.17) is 5.53 Å². The van der Waals surface area contributed by atoms with Gasteiger partial charge >= 0.3 is 0 Å². The van der Waals surface area contributed by atoms with Gasteiger partial charge < -0.3 is 0 Å². The molecule has 0 aromatic carbocycles. The van der Waals surface area contributed by atoms with E-state index in [0.717, 1.165) is 10.2 Å². The summed E-state index contributed by atoms with van der Waals surface area (Å²) in [6.45, 7) is 0. The molecule has 0 aliphatic heterocycles. The zero-order chi connectivity index (χ0) is 8.39. The highest BCUT2D eigenvalue weighted by atomic mass is 32.1. The van der Waals surface area contributed by atoms with E-state index >= 15 is 0 Å². The van der Waals surface area contributed by atoms with Gasteiger partial charge in [0.15, 0.2) is 0 Å². The molecule has 0 saturated carbocycles. The number of rotatable bonds is 1. The molecule has 12 heavy (non-hydrogen) atoms. The molecule has 58 valence electrons. The van der Waals surface area contributed by atoms with Crippen LogP contribution < -0.4 is 0 Å². The van der Waals surface area contributed by atoms with Crippen molar-refractivity contribution in [1.29, 1.82) is 0 Å². The lowest BCUT2D eigenvalue weighted by molar-refractivity contribution is 1.40. The van der Waals surface area contributed by atoms with E-state index in [0.29, 0.717) is 5.69 Å². The first-order valence-corrected chi connectivity index (χ1v) is 4.17. The molecule has 2 aromatic heterocycles. The molecule has 0 radical (unpaired) electrons. The molecule has 0 amide bonds. The van der Waals surface area contributed by atoms with Crippen LogP contribution >= 0.6 is 11.3 Å². The lowest BCUT2D eigenvalue weighted by atomic mass is 10.3. The average molecular weight is 176 g/mol. The summed E-state index contributed by atoms with van der Waals surface area (Å²) in [5.74, 6) is 0. The first kappa shape index (κ1) is 7.09. The van der Waals surface area contributed by atoms with Crippen molar-refractivity contribution in [2.75, 3.05) is 0 Å². The minimum absolute atomic E-state index is 0.650. The number of pyridine rings is 1. The van der Waals surface area contributed by atoms with Crippen molar-refractivity contribution in [3.8, 4) is 0 Å². The van der Waals surface area contributed by atoms with E-state index in [1.54, 1.807) is 12.3 Å². The lowest BCUT2D eigenvalue weighted by Gasteiger charge is -1.91. The molecular formula is C7H4N4S. The second-order valence-corrected chi connectivity index (χ2v) is 3.07. The number of aromatic nitrogens is 1. The van der Waals surface area contributed by atoms with Crippen molar-refractivity contribution >= 4 is 27.2 Å². The summed E-state index contributed by atoms with van der Waals surface area (Å²) >= 11 is 1.53. The van der Waals surface area contributed by atoms with Gasteiger partial charge in [-0.05, 0) is 23.0 Å². The first-order valence-electron chi connectivity index (χ1n) is 3.29. The Kier molecular flexibility index (Phi) is 1.66. The topological polar surface area (TPSA) is 61.7 Å². The summed E-state index contributed by atoms with van der Waals surface area (Å²) in [4.78, 5) is 6.85. The molecule has 0 bridgehead atoms. The highest BCUT2D eigenvalue weighted by Gasteiger charge is 1.99. The van der Waals surface area contributed by atoms with Gasteiger partial charge in [0.1, 0.15) is 0 Å². The van der Waals surface area contributed by atoms with Crippen LogP contribution in [0, 0.1) is 0 Å². The Hall–Kier alpha value is -1.58. The van der Waals surface area contributed by atoms with Crippen LogP contribution in [0.25, 0.3) is 20.7 Å². The molecule has 5 heteroatoms. The first-order chi connectivity index (χ1) is 5.92. The van der Waals surface area contributed by atoms with E-state index in [2.05, 4.69) is 15.0 Å². The maximum atomic E-state index is 8.26. The zero-order valence-corrected chi connectivity index (χ0v) is 6.82. The quantitative estimate of drug-likeness (QED) is 0.373. The third-order valence-electron chi connectivity index (χ3n) is 1.48. The number of hydrogen-bond donors (Lipinski definition) is 0. The number of azide groups is 1. The minimum Gasteiger partial charge on any atom is -0.255 e. The third-order valence-corrected chi connectivity index (χ3v) is 2.40. The van der Waals surface area contributed by atoms with Crippen molar-refractivity contribution in [2.24, 2.45) is 5.11 Å². The van der Waals surface area contributed by atoms with Gasteiger partial charge in [-0.2, -0.15) is 0 Å². The molecular weight excluding hydrogens is 172 g/mol. The fourth-order valence-corrected chi connectivity index (χ4v) is 1.79. The molecule has 0 fully saturated rings. The van der Waals surface area contributed by atoms with Crippen molar-refractivity contribution in [1.82, 2.24) is 4.98 Å². The van der Waals surface area contributed by atoms with E-state index in [1.165, 1.54) is 11.3 Å². The SMILES string of the molecule is [N-]=[N+]=Nc1ccnc2ccsc12. The third kappa shape index (κ3) is 1.01. The molecule has 0 N–H and O–H groups in total. The summed E-state index contributed by atoms with van der Waals surface area (Å²) in [7, 11) is 0. The molecule has 2 rings (SSSR count). The smallest absolute Gasteiger partial charge is 0.0814 e. The van der Waals surface area contributed by atoms with Crippen LogP contribution in [-0.4, -0.2) is 4.98 Å². The summed E-state index contributed by atoms with van der Waals surface area (Å²) in [6.07, 6.45) is 1.64. The van der Waals surface area contributed by atoms with Gasteiger partial charge in [0.05, 0.1) is 15.9 Å². The van der Waals surface area contributed by atoms with Gasteiger partial charge in [-0.15, -0.1) is 11.3 Å². The predicted molar refractivity (Wildman–Crippen MR) is 48.4 cm³/mol. The fraction of sp³-hybridized carbons (Fsp3) is 0. The monoisotopic (exact) mass is 176 g/mol. The average Bonchev–Trinajstić information content (AvgIpc) is 2.53. The molecule has 4 nitrogen and oxygen atoms in total. The number of thiophene rings is 1. The van der Waals surface area contributed by atoms with Crippen molar-refractivity contribution in [3.63, 3.8) is 0 Å². The highest BCUT2D eigenvalue weighted by molar-refractivity contribution is 7.17. The largest absolute Gasteiger partial charge is 0.255 e. The Morgan fingerprint density at radius 3 is 3.25 bits per heavy atom. The molecule has 0 atom stereocenters. The number of fused-ring (bicyclic) bond motifs is 1. The molecule has 0 saturated heterocycles. The van der Waals surface area contributed by atoms with E-state index in [1.807, 2.05) is 11.4 Å². The number of hydrogen-bond acceptors (Lipinski definition) is 3. The van der Waals surface area contributed by atoms with Crippen LogP contribution in [0.5, 0.6) is 0 Å². The summed E-state index contributed by atoms with van der Waals surface area (Å²) in [5.41, 5.74) is 9.79. The fourth-order valence-electron chi connectivity index (χ4n) is 0.987. The second-order valence-electron chi connectivity index (χ2n) is 2.15. The second kappa shape index (κ2) is 2.81. The van der Waals surface area contributed by atoms with Gasteiger partial charge in [0.2, 0.25) is 0 Å². The predicted octanol–water partition coefficient (Wildman–Crippen LogP) is 3.24. The standard InChI is InChI=1S/C7H4N4S/c8-11-10-6-1-3-9-5-2-4-12-7(5)6/h1-4H. The van der Waals surface area contributed by atoms with Gasteiger partial charge in [-0.25, -0.2) is 0 Å². The molecule has 2 heterocycles. The zero-order valence-electron chi connectivity index (χ0n) is 6.01. The maximum absolute atomic E-state index is 8.26. The van der Waals surface area contributed by atoms with E-state index < -0.39 is 0 Å². The summed E-state index contributed by atoms with van der Waals surface area (Å²) in [6, 6.07) is 3.61. The summed E-state index contributed by atoms with van der Waals surface area (Å²) < 4.78 is 0.940. The minimum atomic E-state index is 0.650. The van der Waals surface area contributed by atoms with Gasteiger partial charge in [-0.3, -0.25) is 4.98 Å². The molecule has 0 spiro atoms. The normalized spacial score (nSPS) is 9.67. The van der Waals surface area contributed by atoms with E-state index in [9.17, 15) is 0 Å². The van der Waals surface area contributed by atoms with Crippen molar-refractivity contribution < 1.29 is 0 Å². The van der Waals surface area contributed by atoms with E-state index in [-0.39, 0.29) is 0 Å². The lowest BCUT2D eigenvalue weighted by Crippen LogP contribution is -1.69. The molecule has 0 unspecified atom stereocenters. The van der Waals surface area contributed by atoms with Crippen LogP contribution in [0.2, 0.25) is 0 Å². The Bertz CT molecular complexity index is 455.